The first-order valence-corrected chi connectivity index (χ1v) is 9.39. The average molecular weight is 362 g/mol. The highest BCUT2D eigenvalue weighted by Crippen LogP contribution is 2.13. The lowest BCUT2D eigenvalue weighted by Crippen LogP contribution is -2.25. The van der Waals surface area contributed by atoms with E-state index in [1.807, 2.05) is 24.3 Å². The predicted molar refractivity (Wildman–Crippen MR) is 96.3 cm³/mol. The fourth-order valence-corrected chi connectivity index (χ4v) is 3.09. The first-order valence-electron chi connectivity index (χ1n) is 7.91. The van der Waals surface area contributed by atoms with Gasteiger partial charge in [-0.2, -0.15) is 0 Å². The summed E-state index contributed by atoms with van der Waals surface area (Å²) in [5.74, 6) is 0.524. The molecule has 25 heavy (non-hydrogen) atoms. The monoisotopic (exact) mass is 362 g/mol. The molecule has 0 fully saturated rings. The van der Waals surface area contributed by atoms with Crippen molar-refractivity contribution in [3.8, 4) is 5.75 Å². The molecule has 0 spiro atoms. The van der Waals surface area contributed by atoms with Gasteiger partial charge in [0.2, 0.25) is 10.0 Å². The topological polar surface area (TPSA) is 84.5 Å². The zero-order valence-electron chi connectivity index (χ0n) is 14.3. The Balaban J connectivity index is 1.87. The second-order valence-electron chi connectivity index (χ2n) is 5.44. The van der Waals surface area contributed by atoms with Crippen molar-refractivity contribution < 1.29 is 17.9 Å². The number of hydrogen-bond donors (Lipinski definition) is 2. The summed E-state index contributed by atoms with van der Waals surface area (Å²) >= 11 is 0. The molecule has 2 N–H and O–H groups in total. The van der Waals surface area contributed by atoms with E-state index in [4.69, 9.17) is 4.74 Å². The van der Waals surface area contributed by atoms with E-state index in [9.17, 15) is 13.2 Å². The number of aryl methyl sites for hydroxylation is 1. The van der Waals surface area contributed by atoms with Crippen LogP contribution in [0.1, 0.15) is 22.3 Å². The molecule has 0 aliphatic rings. The fourth-order valence-electron chi connectivity index (χ4n) is 2.31. The second kappa shape index (κ2) is 8.64. The standard InChI is InChI=1S/C18H22N2O4S/c1-19-25(22,23)17-7-3-6-15(13-17)18(21)20-12-4-5-14-8-10-16(24-2)11-9-14/h3,6-11,13,19H,4-5,12H2,1-2H3,(H,20,21). The SMILES string of the molecule is CNS(=O)(=O)c1cccc(C(=O)NCCCc2ccc(OC)cc2)c1. The van der Waals surface area contributed by atoms with E-state index in [0.29, 0.717) is 12.1 Å². The minimum Gasteiger partial charge on any atom is -0.497 e. The van der Waals surface area contributed by atoms with Crippen molar-refractivity contribution in [2.75, 3.05) is 20.7 Å². The maximum Gasteiger partial charge on any atom is 0.251 e. The van der Waals surface area contributed by atoms with Gasteiger partial charge in [0, 0.05) is 12.1 Å². The van der Waals surface area contributed by atoms with Crippen LogP contribution in [0.4, 0.5) is 0 Å². The van der Waals surface area contributed by atoms with E-state index >= 15 is 0 Å². The van der Waals surface area contributed by atoms with Crippen molar-refractivity contribution in [2.24, 2.45) is 0 Å². The molecule has 0 aromatic heterocycles. The van der Waals surface area contributed by atoms with Gasteiger partial charge in [-0.05, 0) is 55.8 Å². The van der Waals surface area contributed by atoms with Crippen molar-refractivity contribution in [1.82, 2.24) is 10.0 Å². The van der Waals surface area contributed by atoms with Gasteiger partial charge in [0.25, 0.3) is 5.91 Å². The van der Waals surface area contributed by atoms with Crippen molar-refractivity contribution in [2.45, 2.75) is 17.7 Å². The van der Waals surface area contributed by atoms with Gasteiger partial charge in [-0.15, -0.1) is 0 Å². The highest BCUT2D eigenvalue weighted by molar-refractivity contribution is 7.89. The molecule has 0 aliphatic heterocycles. The number of benzene rings is 2. The lowest BCUT2D eigenvalue weighted by molar-refractivity contribution is 0.0953. The molecule has 0 aliphatic carbocycles. The molecule has 2 aromatic carbocycles. The Morgan fingerprint density at radius 2 is 1.84 bits per heavy atom. The van der Waals surface area contributed by atoms with Gasteiger partial charge >= 0.3 is 0 Å². The molecule has 0 bridgehead atoms. The number of ether oxygens (including phenoxy) is 1. The zero-order valence-corrected chi connectivity index (χ0v) is 15.1. The number of carbonyl (C=O) groups excluding carboxylic acids is 1. The average Bonchev–Trinajstić information content (AvgIpc) is 2.65. The van der Waals surface area contributed by atoms with E-state index in [0.717, 1.165) is 24.2 Å². The van der Waals surface area contributed by atoms with Crippen LogP contribution in [0, 0.1) is 0 Å². The van der Waals surface area contributed by atoms with Crippen LogP contribution in [0.15, 0.2) is 53.4 Å². The van der Waals surface area contributed by atoms with Crippen LogP contribution < -0.4 is 14.8 Å². The van der Waals surface area contributed by atoms with Crippen LogP contribution in [0.25, 0.3) is 0 Å². The Kier molecular flexibility index (Phi) is 6.55. The highest BCUT2D eigenvalue weighted by atomic mass is 32.2. The van der Waals surface area contributed by atoms with Gasteiger partial charge in [0.05, 0.1) is 12.0 Å². The molecule has 7 heteroatoms. The summed E-state index contributed by atoms with van der Waals surface area (Å²) in [4.78, 5) is 12.2. The van der Waals surface area contributed by atoms with Crippen molar-refractivity contribution in [1.29, 1.82) is 0 Å². The number of carbonyl (C=O) groups is 1. The first kappa shape index (κ1) is 19.0. The molecule has 0 saturated carbocycles. The maximum atomic E-state index is 12.2. The summed E-state index contributed by atoms with van der Waals surface area (Å²) in [7, 11) is -0.601. The van der Waals surface area contributed by atoms with Crippen LogP contribution in [0.3, 0.4) is 0 Å². The summed E-state index contributed by atoms with van der Waals surface area (Å²) < 4.78 is 30.9. The second-order valence-corrected chi connectivity index (χ2v) is 7.33. The minimum atomic E-state index is -3.56. The third-order valence-electron chi connectivity index (χ3n) is 3.76. The largest absolute Gasteiger partial charge is 0.497 e. The predicted octanol–water partition coefficient (Wildman–Crippen LogP) is 1.97. The lowest BCUT2D eigenvalue weighted by atomic mass is 10.1. The summed E-state index contributed by atoms with van der Waals surface area (Å²) in [5.41, 5.74) is 1.48. The minimum absolute atomic E-state index is 0.0703. The Labute approximate surface area is 148 Å². The Bertz CT molecular complexity index is 817. The summed E-state index contributed by atoms with van der Waals surface area (Å²) in [5, 5.41) is 2.81. The Morgan fingerprint density at radius 1 is 1.12 bits per heavy atom. The summed E-state index contributed by atoms with van der Waals surface area (Å²) in [6, 6.07) is 13.8. The molecule has 0 saturated heterocycles. The number of sulfonamides is 1. The Hall–Kier alpha value is -2.38. The number of nitrogens with one attached hydrogen (secondary N) is 2. The van der Waals surface area contributed by atoms with Crippen LogP contribution in [-0.4, -0.2) is 35.0 Å². The molecule has 0 unspecified atom stereocenters. The molecule has 1 amide bonds. The molecule has 2 rings (SSSR count). The van der Waals surface area contributed by atoms with Gasteiger partial charge in [-0.1, -0.05) is 18.2 Å². The quantitative estimate of drug-likeness (QED) is 0.703. The van der Waals surface area contributed by atoms with Gasteiger partial charge in [0.15, 0.2) is 0 Å². The normalized spacial score (nSPS) is 11.1. The summed E-state index contributed by atoms with van der Waals surface area (Å²) in [6.45, 7) is 0.508. The number of rotatable bonds is 8. The van der Waals surface area contributed by atoms with E-state index in [2.05, 4.69) is 10.0 Å². The molecule has 0 radical (unpaired) electrons. The van der Waals surface area contributed by atoms with Crippen LogP contribution in [0.2, 0.25) is 0 Å². The molecule has 134 valence electrons. The van der Waals surface area contributed by atoms with E-state index in [1.54, 1.807) is 19.2 Å². The summed E-state index contributed by atoms with van der Waals surface area (Å²) in [6.07, 6.45) is 1.62. The van der Waals surface area contributed by atoms with Gasteiger partial charge in [-0.3, -0.25) is 4.79 Å². The van der Waals surface area contributed by atoms with Gasteiger partial charge in [0.1, 0.15) is 5.75 Å². The fraction of sp³-hybridized carbons (Fsp3) is 0.278. The number of amides is 1. The molecule has 0 heterocycles. The Morgan fingerprint density at radius 3 is 2.48 bits per heavy atom. The van der Waals surface area contributed by atoms with Crippen LogP contribution in [0.5, 0.6) is 5.75 Å². The molecular weight excluding hydrogens is 340 g/mol. The smallest absolute Gasteiger partial charge is 0.251 e. The molecular formula is C18H22N2O4S. The highest BCUT2D eigenvalue weighted by Gasteiger charge is 2.13. The van der Waals surface area contributed by atoms with E-state index in [-0.39, 0.29) is 10.8 Å². The first-order chi connectivity index (χ1) is 12.0. The van der Waals surface area contributed by atoms with E-state index in [1.165, 1.54) is 19.2 Å². The number of methoxy groups -OCH3 is 1. The van der Waals surface area contributed by atoms with Crippen molar-refractivity contribution >= 4 is 15.9 Å². The van der Waals surface area contributed by atoms with Crippen LogP contribution in [-0.2, 0) is 16.4 Å². The molecule has 2 aromatic rings. The maximum absolute atomic E-state index is 12.2. The zero-order chi connectivity index (χ0) is 18.3. The van der Waals surface area contributed by atoms with E-state index < -0.39 is 10.0 Å². The van der Waals surface area contributed by atoms with Crippen molar-refractivity contribution in [3.05, 3.63) is 59.7 Å². The third-order valence-corrected chi connectivity index (χ3v) is 5.17. The molecule has 6 nitrogen and oxygen atoms in total. The van der Waals surface area contributed by atoms with Gasteiger partial charge in [-0.25, -0.2) is 13.1 Å². The third kappa shape index (κ3) is 5.30. The number of hydrogen-bond acceptors (Lipinski definition) is 4. The van der Waals surface area contributed by atoms with Crippen LogP contribution >= 0.6 is 0 Å². The molecule has 0 atom stereocenters. The lowest BCUT2D eigenvalue weighted by Gasteiger charge is -2.08. The van der Waals surface area contributed by atoms with Crippen molar-refractivity contribution in [3.63, 3.8) is 0 Å². The van der Waals surface area contributed by atoms with Gasteiger partial charge < -0.3 is 10.1 Å².